The fourth-order valence-electron chi connectivity index (χ4n) is 3.40. The highest BCUT2D eigenvalue weighted by Crippen LogP contribution is 2.41. The van der Waals surface area contributed by atoms with Gasteiger partial charge in [-0.3, -0.25) is 0 Å². The smallest absolute Gasteiger partial charge is 0.225 e. The second-order valence-electron chi connectivity index (χ2n) is 5.58. The fourth-order valence-corrected chi connectivity index (χ4v) is 3.40. The van der Waals surface area contributed by atoms with E-state index in [4.69, 9.17) is 9.47 Å². The topological polar surface area (TPSA) is 47.5 Å². The zero-order valence-corrected chi connectivity index (χ0v) is 11.7. The van der Waals surface area contributed by atoms with Crippen LogP contribution < -0.4 is 4.90 Å². The highest BCUT2D eigenvalue weighted by molar-refractivity contribution is 5.31. The normalized spacial score (nSPS) is 30.1. The van der Waals surface area contributed by atoms with E-state index in [-0.39, 0.29) is 5.60 Å². The molecule has 0 N–H and O–H groups in total. The van der Waals surface area contributed by atoms with Gasteiger partial charge in [0.15, 0.2) is 5.82 Å². The summed E-state index contributed by atoms with van der Waals surface area (Å²) in [5.41, 5.74) is -0.161. The Morgan fingerprint density at radius 1 is 1.50 bits per heavy atom. The van der Waals surface area contributed by atoms with E-state index in [9.17, 15) is 4.39 Å². The predicted octanol–water partition coefficient (Wildman–Crippen LogP) is 1.64. The van der Waals surface area contributed by atoms with E-state index in [0.29, 0.717) is 18.5 Å². The third-order valence-corrected chi connectivity index (χ3v) is 4.36. The molecule has 110 valence electrons. The first-order chi connectivity index (χ1) is 9.73. The molecule has 6 heteroatoms. The Kier molecular flexibility index (Phi) is 3.85. The van der Waals surface area contributed by atoms with Crippen molar-refractivity contribution in [3.8, 4) is 0 Å². The number of aromatic nitrogens is 2. The fraction of sp³-hybridized carbons (Fsp3) is 0.714. The van der Waals surface area contributed by atoms with E-state index in [0.717, 1.165) is 39.0 Å². The highest BCUT2D eigenvalue weighted by Gasteiger charge is 2.47. The first-order valence-electron chi connectivity index (χ1n) is 7.09. The van der Waals surface area contributed by atoms with Crippen LogP contribution >= 0.6 is 0 Å². The van der Waals surface area contributed by atoms with E-state index in [1.165, 1.54) is 12.4 Å². The standard InChI is InChI=1S/C14H20FN3O2/c1-19-9-11-3-2-4-14(11)10-18(5-6-20-14)13-16-7-12(15)8-17-13/h7-8,11H,2-6,9-10H2,1H3/t11-,14+/m0/s1. The number of halogens is 1. The summed E-state index contributed by atoms with van der Waals surface area (Å²) in [5, 5.41) is 0. The van der Waals surface area contributed by atoms with Crippen molar-refractivity contribution in [2.24, 2.45) is 5.92 Å². The Morgan fingerprint density at radius 2 is 2.30 bits per heavy atom. The maximum Gasteiger partial charge on any atom is 0.225 e. The Labute approximate surface area is 118 Å². The molecule has 1 aromatic rings. The monoisotopic (exact) mass is 281 g/mol. The van der Waals surface area contributed by atoms with Gasteiger partial charge in [-0.15, -0.1) is 0 Å². The lowest BCUT2D eigenvalue weighted by molar-refractivity contribution is -0.0954. The molecule has 0 unspecified atom stereocenters. The molecule has 2 heterocycles. The van der Waals surface area contributed by atoms with Crippen LogP contribution in [0.25, 0.3) is 0 Å². The van der Waals surface area contributed by atoms with Gasteiger partial charge in [-0.1, -0.05) is 6.42 Å². The minimum atomic E-state index is -0.408. The molecule has 5 nitrogen and oxygen atoms in total. The summed E-state index contributed by atoms with van der Waals surface area (Å²) in [5.74, 6) is 0.586. The molecule has 1 aromatic heterocycles. The lowest BCUT2D eigenvalue weighted by Crippen LogP contribution is -2.55. The summed E-state index contributed by atoms with van der Waals surface area (Å²) in [6.07, 6.45) is 5.76. The number of rotatable bonds is 3. The third-order valence-electron chi connectivity index (χ3n) is 4.36. The van der Waals surface area contributed by atoms with Crippen molar-refractivity contribution in [1.29, 1.82) is 0 Å². The molecular formula is C14H20FN3O2. The van der Waals surface area contributed by atoms with Crippen molar-refractivity contribution in [1.82, 2.24) is 9.97 Å². The zero-order valence-electron chi connectivity index (χ0n) is 11.7. The molecule has 1 saturated carbocycles. The molecule has 2 aliphatic rings. The maximum absolute atomic E-state index is 12.9. The van der Waals surface area contributed by atoms with Gasteiger partial charge in [0.05, 0.1) is 37.8 Å². The average molecular weight is 281 g/mol. The molecule has 2 atom stereocenters. The van der Waals surface area contributed by atoms with Crippen molar-refractivity contribution in [2.45, 2.75) is 24.9 Å². The van der Waals surface area contributed by atoms with Crippen LogP contribution in [0.15, 0.2) is 12.4 Å². The molecule has 2 fully saturated rings. The lowest BCUT2D eigenvalue weighted by Gasteiger charge is -2.43. The van der Waals surface area contributed by atoms with Crippen LogP contribution in [0, 0.1) is 11.7 Å². The maximum atomic E-state index is 12.9. The molecule has 0 aromatic carbocycles. The number of hydrogen-bond donors (Lipinski definition) is 0. The van der Waals surface area contributed by atoms with Gasteiger partial charge in [0.1, 0.15) is 0 Å². The molecule has 1 saturated heterocycles. The number of nitrogens with zero attached hydrogens (tertiary/aromatic N) is 3. The molecule has 0 amide bonds. The van der Waals surface area contributed by atoms with Crippen molar-refractivity contribution in [3.63, 3.8) is 0 Å². The molecule has 1 aliphatic heterocycles. The van der Waals surface area contributed by atoms with Gasteiger partial charge < -0.3 is 14.4 Å². The molecule has 1 spiro atoms. The van der Waals surface area contributed by atoms with E-state index in [2.05, 4.69) is 14.9 Å². The molecule has 20 heavy (non-hydrogen) atoms. The van der Waals surface area contributed by atoms with Crippen LogP contribution in [-0.4, -0.2) is 49.0 Å². The zero-order chi connectivity index (χ0) is 14.0. The third kappa shape index (κ3) is 2.50. The van der Waals surface area contributed by atoms with Gasteiger partial charge in [0, 0.05) is 19.6 Å². The van der Waals surface area contributed by atoms with E-state index >= 15 is 0 Å². The van der Waals surface area contributed by atoms with Crippen LogP contribution in [0.1, 0.15) is 19.3 Å². The van der Waals surface area contributed by atoms with Crippen LogP contribution in [0.3, 0.4) is 0 Å². The van der Waals surface area contributed by atoms with Crippen molar-refractivity contribution < 1.29 is 13.9 Å². The minimum Gasteiger partial charge on any atom is -0.384 e. The molecule has 0 bridgehead atoms. The molecule has 3 rings (SSSR count). The summed E-state index contributed by atoms with van der Waals surface area (Å²) in [6, 6.07) is 0. The minimum absolute atomic E-state index is 0.161. The number of morpholine rings is 1. The average Bonchev–Trinajstić information content (AvgIpc) is 2.83. The van der Waals surface area contributed by atoms with Gasteiger partial charge in [0.2, 0.25) is 5.95 Å². The number of hydrogen-bond acceptors (Lipinski definition) is 5. The van der Waals surface area contributed by atoms with E-state index in [1.54, 1.807) is 7.11 Å². The summed E-state index contributed by atoms with van der Waals surface area (Å²) in [4.78, 5) is 10.3. The Bertz CT molecular complexity index is 456. The number of ether oxygens (including phenoxy) is 2. The summed E-state index contributed by atoms with van der Waals surface area (Å²) < 4.78 is 24.4. The largest absolute Gasteiger partial charge is 0.384 e. The van der Waals surface area contributed by atoms with Gasteiger partial charge in [-0.05, 0) is 12.8 Å². The molecule has 0 radical (unpaired) electrons. The lowest BCUT2D eigenvalue weighted by atomic mass is 9.89. The summed E-state index contributed by atoms with van der Waals surface area (Å²) in [6.45, 7) is 2.87. The van der Waals surface area contributed by atoms with Gasteiger partial charge >= 0.3 is 0 Å². The first kappa shape index (κ1) is 13.7. The van der Waals surface area contributed by atoms with Crippen molar-refractivity contribution >= 4 is 5.95 Å². The Morgan fingerprint density at radius 3 is 3.05 bits per heavy atom. The molecular weight excluding hydrogens is 261 g/mol. The summed E-state index contributed by atoms with van der Waals surface area (Å²) in [7, 11) is 1.73. The van der Waals surface area contributed by atoms with Crippen LogP contribution in [0.4, 0.5) is 10.3 Å². The van der Waals surface area contributed by atoms with Gasteiger partial charge in [-0.25, -0.2) is 14.4 Å². The van der Waals surface area contributed by atoms with Crippen LogP contribution in [0.2, 0.25) is 0 Å². The van der Waals surface area contributed by atoms with Crippen molar-refractivity contribution in [3.05, 3.63) is 18.2 Å². The summed E-state index contributed by atoms with van der Waals surface area (Å²) >= 11 is 0. The highest BCUT2D eigenvalue weighted by atomic mass is 19.1. The SMILES string of the molecule is COC[C@@H]1CCC[C@@]12CN(c1ncc(F)cn1)CCO2. The van der Waals surface area contributed by atoms with Crippen molar-refractivity contribution in [2.75, 3.05) is 38.3 Å². The number of anilines is 1. The first-order valence-corrected chi connectivity index (χ1v) is 7.09. The van der Waals surface area contributed by atoms with E-state index in [1.807, 2.05) is 0 Å². The molecule has 1 aliphatic carbocycles. The van der Waals surface area contributed by atoms with Crippen LogP contribution in [0.5, 0.6) is 0 Å². The second kappa shape index (κ2) is 5.61. The van der Waals surface area contributed by atoms with E-state index < -0.39 is 5.82 Å². The second-order valence-corrected chi connectivity index (χ2v) is 5.58. The van der Waals surface area contributed by atoms with Crippen LogP contribution in [-0.2, 0) is 9.47 Å². The van der Waals surface area contributed by atoms with Gasteiger partial charge in [-0.2, -0.15) is 0 Å². The Hall–Kier alpha value is -1.27. The Balaban J connectivity index is 1.77. The number of methoxy groups -OCH3 is 1. The van der Waals surface area contributed by atoms with Gasteiger partial charge in [0.25, 0.3) is 0 Å². The predicted molar refractivity (Wildman–Crippen MR) is 72.1 cm³/mol. The quantitative estimate of drug-likeness (QED) is 0.843.